The summed E-state index contributed by atoms with van der Waals surface area (Å²) in [6, 6.07) is 0.210. The fourth-order valence-corrected chi connectivity index (χ4v) is 2.00. The van der Waals surface area contributed by atoms with Crippen molar-refractivity contribution in [2.24, 2.45) is 5.92 Å². The van der Waals surface area contributed by atoms with Gasteiger partial charge in [-0.05, 0) is 26.3 Å². The van der Waals surface area contributed by atoms with Gasteiger partial charge in [-0.15, -0.1) is 0 Å². The number of ether oxygens (including phenoxy) is 2. The molecule has 94 valence electrons. The van der Waals surface area contributed by atoms with Crippen LogP contribution in [0.1, 0.15) is 33.1 Å². The third-order valence-corrected chi connectivity index (χ3v) is 2.88. The summed E-state index contributed by atoms with van der Waals surface area (Å²) in [4.78, 5) is 11.5. The summed E-state index contributed by atoms with van der Waals surface area (Å²) in [6.07, 6.45) is 2.58. The standard InChI is InChI=1S/C12H23NO3/c1-3-6-13-11(8-12(14)16-4-2)10-5-7-15-9-10/h10-11,13H,3-9H2,1-2H3. The predicted octanol–water partition coefficient (Wildman–Crippen LogP) is 1.34. The molecule has 4 nitrogen and oxygen atoms in total. The van der Waals surface area contributed by atoms with E-state index >= 15 is 0 Å². The van der Waals surface area contributed by atoms with Gasteiger partial charge >= 0.3 is 5.97 Å². The van der Waals surface area contributed by atoms with E-state index in [9.17, 15) is 4.79 Å². The lowest BCUT2D eigenvalue weighted by molar-refractivity contribution is -0.144. The Morgan fingerprint density at radius 2 is 2.38 bits per heavy atom. The van der Waals surface area contributed by atoms with E-state index in [0.717, 1.165) is 32.6 Å². The molecule has 16 heavy (non-hydrogen) atoms. The first kappa shape index (κ1) is 13.5. The number of hydrogen-bond acceptors (Lipinski definition) is 4. The van der Waals surface area contributed by atoms with Gasteiger partial charge < -0.3 is 14.8 Å². The predicted molar refractivity (Wildman–Crippen MR) is 62.3 cm³/mol. The van der Waals surface area contributed by atoms with Crippen LogP contribution in [-0.4, -0.2) is 38.4 Å². The Kier molecular flexibility index (Phi) is 6.42. The summed E-state index contributed by atoms with van der Waals surface area (Å²) in [7, 11) is 0. The number of nitrogens with one attached hydrogen (secondary N) is 1. The molecule has 0 bridgehead atoms. The molecule has 0 spiro atoms. The highest BCUT2D eigenvalue weighted by Crippen LogP contribution is 2.19. The van der Waals surface area contributed by atoms with E-state index < -0.39 is 0 Å². The smallest absolute Gasteiger partial charge is 0.307 e. The molecular weight excluding hydrogens is 206 g/mol. The van der Waals surface area contributed by atoms with Gasteiger partial charge in [0.1, 0.15) is 0 Å². The van der Waals surface area contributed by atoms with Crippen LogP contribution in [0.4, 0.5) is 0 Å². The third-order valence-electron chi connectivity index (χ3n) is 2.88. The Balaban J connectivity index is 2.39. The normalized spacial score (nSPS) is 22.0. The van der Waals surface area contributed by atoms with Crippen LogP contribution in [0.5, 0.6) is 0 Å². The van der Waals surface area contributed by atoms with Gasteiger partial charge in [-0.2, -0.15) is 0 Å². The van der Waals surface area contributed by atoms with E-state index in [0.29, 0.717) is 18.9 Å². The Morgan fingerprint density at radius 1 is 1.56 bits per heavy atom. The summed E-state index contributed by atoms with van der Waals surface area (Å²) < 4.78 is 10.4. The molecule has 2 unspecified atom stereocenters. The van der Waals surface area contributed by atoms with Crippen molar-refractivity contribution in [2.45, 2.75) is 39.2 Å². The molecule has 0 aromatic carbocycles. The van der Waals surface area contributed by atoms with Crippen molar-refractivity contribution in [1.29, 1.82) is 0 Å². The topological polar surface area (TPSA) is 47.6 Å². The minimum Gasteiger partial charge on any atom is -0.466 e. The molecule has 0 saturated carbocycles. The van der Waals surface area contributed by atoms with E-state index in [1.165, 1.54) is 0 Å². The highest BCUT2D eigenvalue weighted by atomic mass is 16.5. The van der Waals surface area contributed by atoms with Crippen molar-refractivity contribution in [1.82, 2.24) is 5.32 Å². The van der Waals surface area contributed by atoms with Crippen LogP contribution in [0.25, 0.3) is 0 Å². The van der Waals surface area contributed by atoms with Crippen LogP contribution in [0.15, 0.2) is 0 Å². The molecule has 1 saturated heterocycles. The lowest BCUT2D eigenvalue weighted by Gasteiger charge is -2.22. The molecule has 0 amide bonds. The van der Waals surface area contributed by atoms with Crippen molar-refractivity contribution in [3.05, 3.63) is 0 Å². The van der Waals surface area contributed by atoms with E-state index in [1.807, 2.05) is 6.92 Å². The fourth-order valence-electron chi connectivity index (χ4n) is 2.00. The Morgan fingerprint density at radius 3 is 2.94 bits per heavy atom. The lowest BCUT2D eigenvalue weighted by Crippen LogP contribution is -2.39. The quantitative estimate of drug-likeness (QED) is 0.669. The van der Waals surface area contributed by atoms with Crippen LogP contribution in [0.3, 0.4) is 0 Å². The number of hydrogen-bond donors (Lipinski definition) is 1. The van der Waals surface area contributed by atoms with Crippen LogP contribution in [-0.2, 0) is 14.3 Å². The molecule has 4 heteroatoms. The van der Waals surface area contributed by atoms with Crippen LogP contribution >= 0.6 is 0 Å². The number of carbonyl (C=O) groups excluding carboxylic acids is 1. The molecule has 1 fully saturated rings. The Labute approximate surface area is 97.7 Å². The molecule has 1 N–H and O–H groups in total. The summed E-state index contributed by atoms with van der Waals surface area (Å²) in [6.45, 7) is 6.95. The summed E-state index contributed by atoms with van der Waals surface area (Å²) in [5.41, 5.74) is 0. The first-order valence-electron chi connectivity index (χ1n) is 6.24. The fraction of sp³-hybridized carbons (Fsp3) is 0.917. The lowest BCUT2D eigenvalue weighted by atomic mass is 9.96. The minimum atomic E-state index is -0.108. The second-order valence-corrected chi connectivity index (χ2v) is 4.19. The van der Waals surface area contributed by atoms with Crippen molar-refractivity contribution < 1.29 is 14.3 Å². The van der Waals surface area contributed by atoms with Crippen molar-refractivity contribution in [2.75, 3.05) is 26.4 Å². The molecule has 0 aromatic rings. The molecule has 2 atom stereocenters. The number of rotatable bonds is 7. The van der Waals surface area contributed by atoms with Crippen molar-refractivity contribution >= 4 is 5.97 Å². The zero-order valence-electron chi connectivity index (χ0n) is 10.3. The molecule has 1 aliphatic heterocycles. The number of carbonyl (C=O) groups is 1. The molecule has 0 radical (unpaired) electrons. The van der Waals surface area contributed by atoms with Crippen molar-refractivity contribution in [3.8, 4) is 0 Å². The van der Waals surface area contributed by atoms with Gasteiger partial charge in [-0.3, -0.25) is 4.79 Å². The molecule has 1 heterocycles. The highest BCUT2D eigenvalue weighted by molar-refractivity contribution is 5.70. The largest absolute Gasteiger partial charge is 0.466 e. The van der Waals surface area contributed by atoms with Gasteiger partial charge in [-0.1, -0.05) is 6.92 Å². The van der Waals surface area contributed by atoms with Gasteiger partial charge in [0.05, 0.1) is 19.6 Å². The Hall–Kier alpha value is -0.610. The third kappa shape index (κ3) is 4.49. The molecule has 1 rings (SSSR count). The second-order valence-electron chi connectivity index (χ2n) is 4.19. The summed E-state index contributed by atoms with van der Waals surface area (Å²) in [5.74, 6) is 0.346. The monoisotopic (exact) mass is 229 g/mol. The van der Waals surface area contributed by atoms with Crippen LogP contribution in [0.2, 0.25) is 0 Å². The molecule has 0 aromatic heterocycles. The van der Waals surface area contributed by atoms with Gasteiger partial charge in [0, 0.05) is 18.6 Å². The van der Waals surface area contributed by atoms with Crippen LogP contribution in [0, 0.1) is 5.92 Å². The maximum absolute atomic E-state index is 11.5. The molecular formula is C12H23NO3. The maximum atomic E-state index is 11.5. The summed E-state index contributed by atoms with van der Waals surface area (Å²) >= 11 is 0. The number of esters is 1. The summed E-state index contributed by atoms with van der Waals surface area (Å²) in [5, 5.41) is 3.42. The van der Waals surface area contributed by atoms with Crippen LogP contribution < -0.4 is 5.32 Å². The highest BCUT2D eigenvalue weighted by Gasteiger charge is 2.27. The first-order valence-corrected chi connectivity index (χ1v) is 6.24. The first-order chi connectivity index (χ1) is 7.77. The van der Waals surface area contributed by atoms with Gasteiger partial charge in [0.15, 0.2) is 0 Å². The SMILES string of the molecule is CCCNC(CC(=O)OCC)C1CCOC1. The van der Waals surface area contributed by atoms with Crippen molar-refractivity contribution in [3.63, 3.8) is 0 Å². The van der Waals surface area contributed by atoms with E-state index in [2.05, 4.69) is 12.2 Å². The van der Waals surface area contributed by atoms with E-state index in [1.54, 1.807) is 0 Å². The molecule has 1 aliphatic rings. The second kappa shape index (κ2) is 7.63. The molecule has 0 aliphatic carbocycles. The van der Waals surface area contributed by atoms with Gasteiger partial charge in [0.25, 0.3) is 0 Å². The zero-order valence-corrected chi connectivity index (χ0v) is 10.3. The van der Waals surface area contributed by atoms with Gasteiger partial charge in [0.2, 0.25) is 0 Å². The minimum absolute atomic E-state index is 0.108. The van der Waals surface area contributed by atoms with E-state index in [-0.39, 0.29) is 12.0 Å². The Bertz CT molecular complexity index is 202. The maximum Gasteiger partial charge on any atom is 0.307 e. The average Bonchev–Trinajstić information content (AvgIpc) is 2.77. The van der Waals surface area contributed by atoms with Gasteiger partial charge in [-0.25, -0.2) is 0 Å². The average molecular weight is 229 g/mol. The van der Waals surface area contributed by atoms with E-state index in [4.69, 9.17) is 9.47 Å². The zero-order chi connectivity index (χ0) is 11.8.